The Bertz CT molecular complexity index is 1050. The number of hydrogen-bond acceptors (Lipinski definition) is 7. The Morgan fingerprint density at radius 1 is 0.844 bits per heavy atom. The summed E-state index contributed by atoms with van der Waals surface area (Å²) in [6.45, 7) is 8.97. The second-order valence-electron chi connectivity index (χ2n) is 8.09. The molecule has 2 fully saturated rings. The van der Waals surface area contributed by atoms with Gasteiger partial charge in [0, 0.05) is 18.6 Å². The van der Waals surface area contributed by atoms with Gasteiger partial charge in [0.2, 0.25) is 0 Å². The van der Waals surface area contributed by atoms with Crippen LogP contribution in [0.25, 0.3) is 0 Å². The molecule has 10 heteroatoms. The number of ether oxygens (including phenoxy) is 2. The molecule has 2 aliphatic rings. The molecule has 0 radical (unpaired) electrons. The monoisotopic (exact) mass is 486 g/mol. The van der Waals surface area contributed by atoms with Crippen LogP contribution < -0.4 is 0 Å². The van der Waals surface area contributed by atoms with E-state index in [4.69, 9.17) is 18.2 Å². The van der Waals surface area contributed by atoms with E-state index >= 15 is 0 Å². The molecule has 32 heavy (non-hydrogen) atoms. The normalized spacial score (nSPS) is 16.9. The van der Waals surface area contributed by atoms with E-state index in [9.17, 15) is 16.8 Å². The highest BCUT2D eigenvalue weighted by atomic mass is 32.2. The fourth-order valence-corrected chi connectivity index (χ4v) is 3.91. The maximum absolute atomic E-state index is 11.9. The summed E-state index contributed by atoms with van der Waals surface area (Å²) in [4.78, 5) is 0.134. The Labute approximate surface area is 190 Å². The zero-order valence-corrected chi connectivity index (χ0v) is 20.1. The van der Waals surface area contributed by atoms with Crippen LogP contribution in [0.4, 0.5) is 0 Å². The van der Waals surface area contributed by atoms with Gasteiger partial charge in [-0.2, -0.15) is 16.8 Å². The molecule has 1 N–H and O–H groups in total. The lowest BCUT2D eigenvalue weighted by molar-refractivity contribution is -0.119. The first-order chi connectivity index (χ1) is 14.9. The van der Waals surface area contributed by atoms with Gasteiger partial charge in [-0.1, -0.05) is 42.3 Å². The molecule has 0 unspecified atom stereocenters. The second kappa shape index (κ2) is 11.4. The first kappa shape index (κ1) is 26.4. The van der Waals surface area contributed by atoms with Crippen LogP contribution in [-0.2, 0) is 33.9 Å². The largest absolute Gasteiger partial charge is 0.381 e. The van der Waals surface area contributed by atoms with Crippen LogP contribution in [-0.4, -0.2) is 54.4 Å². The van der Waals surface area contributed by atoms with Gasteiger partial charge in [0.05, 0.1) is 29.6 Å². The molecule has 4 rings (SSSR count). The first-order valence-electron chi connectivity index (χ1n) is 10.1. The third kappa shape index (κ3) is 8.61. The van der Waals surface area contributed by atoms with Crippen molar-refractivity contribution in [1.29, 1.82) is 0 Å². The van der Waals surface area contributed by atoms with E-state index in [2.05, 4.69) is 0 Å². The fraction of sp³-hybridized carbons (Fsp3) is 0.455. The van der Waals surface area contributed by atoms with Crippen molar-refractivity contribution in [2.45, 2.75) is 37.0 Å². The quantitative estimate of drug-likeness (QED) is 0.505. The highest BCUT2D eigenvalue weighted by Gasteiger charge is 2.35. The number of aryl methyl sites for hydroxylation is 2. The predicted molar refractivity (Wildman–Crippen MR) is 120 cm³/mol. The maximum atomic E-state index is 11.9. The Balaban J connectivity index is 0.000000205. The van der Waals surface area contributed by atoms with E-state index in [1.54, 1.807) is 36.4 Å². The minimum absolute atomic E-state index is 0.0666. The summed E-state index contributed by atoms with van der Waals surface area (Å²) >= 11 is 0. The van der Waals surface area contributed by atoms with Crippen molar-refractivity contribution >= 4 is 20.2 Å². The van der Waals surface area contributed by atoms with E-state index in [1.165, 1.54) is 18.6 Å². The van der Waals surface area contributed by atoms with Crippen LogP contribution in [0.5, 0.6) is 0 Å². The van der Waals surface area contributed by atoms with Crippen molar-refractivity contribution in [3.8, 4) is 0 Å². The molecule has 2 heterocycles. The molecule has 2 aliphatic heterocycles. The van der Waals surface area contributed by atoms with E-state index in [0.29, 0.717) is 13.2 Å². The Kier molecular flexibility index (Phi) is 9.38. The van der Waals surface area contributed by atoms with E-state index < -0.39 is 20.2 Å². The minimum atomic E-state index is -4.02. The van der Waals surface area contributed by atoms with Gasteiger partial charge in [0.1, 0.15) is 0 Å². The molecule has 8 nitrogen and oxygen atoms in total. The molecular formula is C22H30O8S2. The topological polar surface area (TPSA) is 116 Å². The molecule has 2 aromatic carbocycles. The van der Waals surface area contributed by atoms with Gasteiger partial charge < -0.3 is 9.47 Å². The lowest BCUT2D eigenvalue weighted by Gasteiger charge is -2.37. The van der Waals surface area contributed by atoms with Crippen molar-refractivity contribution < 1.29 is 35.0 Å². The highest BCUT2D eigenvalue weighted by molar-refractivity contribution is 7.86. The van der Waals surface area contributed by atoms with Crippen molar-refractivity contribution in [1.82, 2.24) is 0 Å². The Morgan fingerprint density at radius 2 is 1.25 bits per heavy atom. The summed E-state index contributed by atoms with van der Waals surface area (Å²) in [5.41, 5.74) is 1.80. The van der Waals surface area contributed by atoms with E-state index in [-0.39, 0.29) is 21.8 Å². The van der Waals surface area contributed by atoms with Crippen LogP contribution in [0.15, 0.2) is 58.3 Å². The minimum Gasteiger partial charge on any atom is -0.381 e. The molecule has 178 valence electrons. The van der Waals surface area contributed by atoms with Crippen LogP contribution in [0.1, 0.15) is 24.5 Å². The second-order valence-corrected chi connectivity index (χ2v) is 11.1. The third-order valence-corrected chi connectivity index (χ3v) is 6.81. The van der Waals surface area contributed by atoms with Crippen molar-refractivity contribution in [3.05, 3.63) is 59.7 Å². The molecule has 0 bridgehead atoms. The molecule has 0 aliphatic carbocycles. The number of rotatable bonds is 5. The van der Waals surface area contributed by atoms with Crippen molar-refractivity contribution in [2.24, 2.45) is 5.41 Å². The molecule has 2 aromatic rings. The van der Waals surface area contributed by atoms with Gasteiger partial charge in [0.25, 0.3) is 20.2 Å². The fourth-order valence-electron chi connectivity index (χ4n) is 2.38. The molecule has 2 saturated heterocycles. The number of hydrogen-bond donors (Lipinski definition) is 1. The summed E-state index contributed by atoms with van der Waals surface area (Å²) in [6, 6.07) is 12.6. The summed E-state index contributed by atoms with van der Waals surface area (Å²) in [7, 11) is -7.66. The van der Waals surface area contributed by atoms with Crippen LogP contribution >= 0.6 is 0 Å². The van der Waals surface area contributed by atoms with E-state index in [0.717, 1.165) is 24.3 Å². The Hall–Kier alpha value is -1.82. The molecule has 0 saturated carbocycles. The van der Waals surface area contributed by atoms with Crippen molar-refractivity contribution in [2.75, 3.05) is 33.0 Å². The lowest BCUT2D eigenvalue weighted by Crippen LogP contribution is -2.44. The summed E-state index contributed by atoms with van der Waals surface area (Å²) < 4.78 is 68.1. The Morgan fingerprint density at radius 3 is 1.56 bits per heavy atom. The summed E-state index contributed by atoms with van der Waals surface area (Å²) in [5.74, 6) is 0. The standard InChI is InChI=1S/C12H16O4S.C7H8O3S.C3H6O/c1-10-3-5-11(6-4-10)17(13,14)16-9-12(2)7-15-8-12;1-6-2-4-7(5-3-6)11(8,9)10;1-2-4-3-1/h3-6H,7-9H2,1-2H3;2-5H,1H3,(H,8,9,10);1-3H2. The van der Waals surface area contributed by atoms with Gasteiger partial charge in [0.15, 0.2) is 0 Å². The highest BCUT2D eigenvalue weighted by Crippen LogP contribution is 2.28. The molecular weight excluding hydrogens is 456 g/mol. The van der Waals surface area contributed by atoms with E-state index in [1.807, 2.05) is 20.8 Å². The molecule has 0 aromatic heterocycles. The molecule has 0 amide bonds. The van der Waals surface area contributed by atoms with Gasteiger partial charge in [-0.05, 0) is 44.5 Å². The van der Waals surface area contributed by atoms with Gasteiger partial charge in [-0.3, -0.25) is 8.74 Å². The lowest BCUT2D eigenvalue weighted by atomic mass is 9.90. The summed E-state index contributed by atoms with van der Waals surface area (Å²) in [6.07, 6.45) is 1.28. The average Bonchev–Trinajstić information content (AvgIpc) is 2.64. The van der Waals surface area contributed by atoms with Crippen molar-refractivity contribution in [3.63, 3.8) is 0 Å². The van der Waals surface area contributed by atoms with Gasteiger partial charge in [-0.25, -0.2) is 0 Å². The summed E-state index contributed by atoms with van der Waals surface area (Å²) in [5, 5.41) is 0. The molecule has 0 atom stereocenters. The maximum Gasteiger partial charge on any atom is 0.296 e. The van der Waals surface area contributed by atoms with Crippen LogP contribution in [0.2, 0.25) is 0 Å². The predicted octanol–water partition coefficient (Wildman–Crippen LogP) is 3.39. The van der Waals surface area contributed by atoms with Crippen LogP contribution in [0.3, 0.4) is 0 Å². The zero-order chi connectivity index (χ0) is 23.8. The average molecular weight is 487 g/mol. The third-order valence-electron chi connectivity index (χ3n) is 4.67. The van der Waals surface area contributed by atoms with Gasteiger partial charge >= 0.3 is 0 Å². The SMILES string of the molecule is C1COC1.Cc1ccc(S(=O)(=O)O)cc1.Cc1ccc(S(=O)(=O)OCC2(C)COC2)cc1. The zero-order valence-electron chi connectivity index (χ0n) is 18.5. The number of benzene rings is 2. The first-order valence-corrected chi connectivity index (χ1v) is 12.9. The smallest absolute Gasteiger partial charge is 0.296 e. The van der Waals surface area contributed by atoms with Gasteiger partial charge in [-0.15, -0.1) is 0 Å². The molecule has 0 spiro atoms. The van der Waals surface area contributed by atoms with Crippen LogP contribution in [0, 0.1) is 19.3 Å².